The number of nitrogens with zero attached hydrogens (tertiary/aromatic N) is 1. The van der Waals surface area contributed by atoms with Crippen LogP contribution in [0.5, 0.6) is 0 Å². The molecular weight excluding hydrogens is 202 g/mol. The molecule has 1 aromatic rings. The summed E-state index contributed by atoms with van der Waals surface area (Å²) in [5, 5.41) is 11.6. The molecule has 0 aliphatic heterocycles. The Morgan fingerprint density at radius 1 is 1.33 bits per heavy atom. The largest absolute Gasteiger partial charge is 0.386 e. The summed E-state index contributed by atoms with van der Waals surface area (Å²) in [5.41, 5.74) is 1.09. The molecule has 0 aliphatic rings. The average Bonchev–Trinajstić information content (AvgIpc) is 2.25. The standard InChI is InChI=1S/C10H14F2N2O/c11-10(12)9(15)7-14-6-3-8-1-4-13-5-2-8/h1-2,4-5,9-10,14-15H,3,6-7H2. The van der Waals surface area contributed by atoms with E-state index >= 15 is 0 Å². The van der Waals surface area contributed by atoms with Gasteiger partial charge in [-0.3, -0.25) is 4.98 Å². The van der Waals surface area contributed by atoms with E-state index in [1.165, 1.54) is 0 Å². The van der Waals surface area contributed by atoms with E-state index in [4.69, 9.17) is 5.11 Å². The third kappa shape index (κ3) is 4.80. The Labute approximate surface area is 87.2 Å². The highest BCUT2D eigenvalue weighted by atomic mass is 19.3. The lowest BCUT2D eigenvalue weighted by atomic mass is 10.2. The number of aliphatic hydroxyl groups is 1. The van der Waals surface area contributed by atoms with Gasteiger partial charge in [-0.15, -0.1) is 0 Å². The Bertz CT molecular complexity index is 269. The molecule has 1 atom stereocenters. The van der Waals surface area contributed by atoms with Crippen molar-refractivity contribution >= 4 is 0 Å². The van der Waals surface area contributed by atoms with Gasteiger partial charge >= 0.3 is 0 Å². The van der Waals surface area contributed by atoms with Gasteiger partial charge in [0.25, 0.3) is 6.43 Å². The third-order valence-electron chi connectivity index (χ3n) is 1.98. The molecule has 0 aliphatic carbocycles. The fraction of sp³-hybridized carbons (Fsp3) is 0.500. The van der Waals surface area contributed by atoms with Crippen LogP contribution in [0.1, 0.15) is 5.56 Å². The van der Waals surface area contributed by atoms with E-state index in [0.717, 1.165) is 12.0 Å². The number of hydrogen-bond acceptors (Lipinski definition) is 3. The minimum atomic E-state index is -2.68. The third-order valence-corrected chi connectivity index (χ3v) is 1.98. The van der Waals surface area contributed by atoms with E-state index in [0.29, 0.717) is 6.54 Å². The van der Waals surface area contributed by atoms with E-state index in [9.17, 15) is 8.78 Å². The Kier molecular flexibility index (Phi) is 5.14. The molecule has 0 aromatic carbocycles. The van der Waals surface area contributed by atoms with Crippen LogP contribution >= 0.6 is 0 Å². The second-order valence-corrected chi connectivity index (χ2v) is 3.21. The fourth-order valence-electron chi connectivity index (χ4n) is 1.12. The van der Waals surface area contributed by atoms with Crippen molar-refractivity contribution in [2.75, 3.05) is 13.1 Å². The predicted octanol–water partition coefficient (Wildman–Crippen LogP) is 0.840. The summed E-state index contributed by atoms with van der Waals surface area (Å²) in [4.78, 5) is 3.87. The van der Waals surface area contributed by atoms with Crippen molar-refractivity contribution in [2.45, 2.75) is 19.0 Å². The zero-order valence-corrected chi connectivity index (χ0v) is 8.24. The topological polar surface area (TPSA) is 45.1 Å². The molecule has 2 N–H and O–H groups in total. The van der Waals surface area contributed by atoms with Gasteiger partial charge in [-0.05, 0) is 30.7 Å². The molecule has 0 saturated heterocycles. The summed E-state index contributed by atoms with van der Waals surface area (Å²) >= 11 is 0. The highest BCUT2D eigenvalue weighted by Crippen LogP contribution is 1.99. The van der Waals surface area contributed by atoms with Gasteiger partial charge in [-0.25, -0.2) is 8.78 Å². The van der Waals surface area contributed by atoms with Crippen LogP contribution in [-0.4, -0.2) is 35.7 Å². The molecule has 0 amide bonds. The summed E-state index contributed by atoms with van der Waals surface area (Å²) < 4.78 is 23.8. The minimum absolute atomic E-state index is 0.0806. The molecule has 0 saturated carbocycles. The van der Waals surface area contributed by atoms with Crippen molar-refractivity contribution in [3.8, 4) is 0 Å². The van der Waals surface area contributed by atoms with E-state index in [2.05, 4.69) is 10.3 Å². The highest BCUT2D eigenvalue weighted by Gasteiger charge is 2.15. The number of pyridine rings is 1. The maximum Gasteiger partial charge on any atom is 0.265 e. The van der Waals surface area contributed by atoms with E-state index in [1.54, 1.807) is 12.4 Å². The SMILES string of the molecule is OC(CNCCc1ccncc1)C(F)F. The van der Waals surface area contributed by atoms with Gasteiger partial charge < -0.3 is 10.4 Å². The lowest BCUT2D eigenvalue weighted by Crippen LogP contribution is -2.33. The van der Waals surface area contributed by atoms with Crippen LogP contribution in [-0.2, 0) is 6.42 Å². The Morgan fingerprint density at radius 2 is 2.00 bits per heavy atom. The number of nitrogens with one attached hydrogen (secondary N) is 1. The van der Waals surface area contributed by atoms with Gasteiger partial charge in [-0.1, -0.05) is 0 Å². The molecule has 15 heavy (non-hydrogen) atoms. The first-order chi connectivity index (χ1) is 7.20. The molecule has 0 spiro atoms. The summed E-state index contributed by atoms with van der Waals surface area (Å²) in [7, 11) is 0. The summed E-state index contributed by atoms with van der Waals surface area (Å²) in [6, 6.07) is 3.73. The van der Waals surface area contributed by atoms with Gasteiger partial charge in [0.1, 0.15) is 6.10 Å². The maximum atomic E-state index is 11.9. The molecule has 1 rings (SSSR count). The molecule has 0 radical (unpaired) electrons. The van der Waals surface area contributed by atoms with Gasteiger partial charge in [-0.2, -0.15) is 0 Å². The number of halogens is 2. The lowest BCUT2D eigenvalue weighted by Gasteiger charge is -2.10. The Hall–Kier alpha value is -1.07. The van der Waals surface area contributed by atoms with Crippen LogP contribution in [0.2, 0.25) is 0 Å². The van der Waals surface area contributed by atoms with Crippen LogP contribution in [0.25, 0.3) is 0 Å². The van der Waals surface area contributed by atoms with E-state index < -0.39 is 12.5 Å². The highest BCUT2D eigenvalue weighted by molar-refractivity contribution is 5.09. The van der Waals surface area contributed by atoms with Crippen LogP contribution in [0.3, 0.4) is 0 Å². The zero-order chi connectivity index (χ0) is 11.1. The lowest BCUT2D eigenvalue weighted by molar-refractivity contribution is -0.00309. The number of alkyl halides is 2. The molecule has 0 bridgehead atoms. The molecule has 84 valence electrons. The van der Waals surface area contributed by atoms with E-state index in [1.807, 2.05) is 12.1 Å². The zero-order valence-electron chi connectivity index (χ0n) is 8.24. The quantitative estimate of drug-likeness (QED) is 0.693. The van der Waals surface area contributed by atoms with Crippen LogP contribution in [0.15, 0.2) is 24.5 Å². The first-order valence-electron chi connectivity index (χ1n) is 4.76. The number of rotatable bonds is 6. The average molecular weight is 216 g/mol. The van der Waals surface area contributed by atoms with Crippen molar-refractivity contribution < 1.29 is 13.9 Å². The molecular formula is C10H14F2N2O. The number of hydrogen-bond donors (Lipinski definition) is 2. The van der Waals surface area contributed by atoms with Gasteiger partial charge in [0.15, 0.2) is 0 Å². The van der Waals surface area contributed by atoms with Crippen molar-refractivity contribution in [2.24, 2.45) is 0 Å². The molecule has 1 heterocycles. The molecule has 5 heteroatoms. The van der Waals surface area contributed by atoms with Crippen molar-refractivity contribution in [3.05, 3.63) is 30.1 Å². The normalized spacial score (nSPS) is 13.1. The van der Waals surface area contributed by atoms with Gasteiger partial charge in [0.05, 0.1) is 0 Å². The first-order valence-corrected chi connectivity index (χ1v) is 4.76. The minimum Gasteiger partial charge on any atom is -0.386 e. The summed E-state index contributed by atoms with van der Waals surface area (Å²) in [6.45, 7) is 0.483. The number of aromatic nitrogens is 1. The second-order valence-electron chi connectivity index (χ2n) is 3.21. The molecule has 0 fully saturated rings. The van der Waals surface area contributed by atoms with Gasteiger partial charge in [0.2, 0.25) is 0 Å². The summed E-state index contributed by atoms with van der Waals surface area (Å²) in [6.07, 6.45) is -0.161. The first kappa shape index (κ1) is 12.0. The summed E-state index contributed by atoms with van der Waals surface area (Å²) in [5.74, 6) is 0. The maximum absolute atomic E-state index is 11.9. The van der Waals surface area contributed by atoms with Crippen LogP contribution in [0.4, 0.5) is 8.78 Å². The smallest absolute Gasteiger partial charge is 0.265 e. The monoisotopic (exact) mass is 216 g/mol. The Morgan fingerprint density at radius 3 is 2.60 bits per heavy atom. The van der Waals surface area contributed by atoms with Crippen LogP contribution < -0.4 is 5.32 Å². The van der Waals surface area contributed by atoms with E-state index in [-0.39, 0.29) is 6.54 Å². The molecule has 1 unspecified atom stereocenters. The predicted molar refractivity (Wildman–Crippen MR) is 52.8 cm³/mol. The number of aliphatic hydroxyl groups excluding tert-OH is 1. The fourth-order valence-corrected chi connectivity index (χ4v) is 1.12. The van der Waals surface area contributed by atoms with Crippen LogP contribution in [0, 0.1) is 0 Å². The molecule has 3 nitrogen and oxygen atoms in total. The molecule has 1 aromatic heterocycles. The Balaban J connectivity index is 2.12. The van der Waals surface area contributed by atoms with Crippen molar-refractivity contribution in [3.63, 3.8) is 0 Å². The second kappa shape index (κ2) is 6.42. The van der Waals surface area contributed by atoms with Gasteiger partial charge in [0, 0.05) is 18.9 Å². The van der Waals surface area contributed by atoms with Crippen molar-refractivity contribution in [1.29, 1.82) is 0 Å². The van der Waals surface area contributed by atoms with Crippen molar-refractivity contribution in [1.82, 2.24) is 10.3 Å².